The molecule has 0 unspecified atom stereocenters. The molecule has 0 radical (unpaired) electrons. The van der Waals surface area contributed by atoms with Crippen molar-refractivity contribution in [3.8, 4) is 0 Å². The van der Waals surface area contributed by atoms with E-state index < -0.39 is 0 Å². The van der Waals surface area contributed by atoms with Gasteiger partial charge in [0.25, 0.3) is 0 Å². The van der Waals surface area contributed by atoms with E-state index in [2.05, 4.69) is 28.1 Å². The Kier molecular flexibility index (Phi) is 2.09. The van der Waals surface area contributed by atoms with Crippen LogP contribution in [0.1, 0.15) is 29.9 Å². The number of halogens is 1. The van der Waals surface area contributed by atoms with Gasteiger partial charge in [0.15, 0.2) is 0 Å². The van der Waals surface area contributed by atoms with Crippen LogP contribution in [0.25, 0.3) is 0 Å². The second-order valence-electron chi connectivity index (χ2n) is 4.22. The molecule has 2 atom stereocenters. The van der Waals surface area contributed by atoms with Crippen molar-refractivity contribution in [3.63, 3.8) is 0 Å². The Balaban J connectivity index is 2.05. The summed E-state index contributed by atoms with van der Waals surface area (Å²) in [6, 6.07) is 6.33. The van der Waals surface area contributed by atoms with Crippen LogP contribution in [0.5, 0.6) is 0 Å². The van der Waals surface area contributed by atoms with E-state index in [-0.39, 0.29) is 12.1 Å². The highest BCUT2D eigenvalue weighted by molar-refractivity contribution is 9.10. The van der Waals surface area contributed by atoms with Crippen molar-refractivity contribution >= 4 is 21.9 Å². The lowest BCUT2D eigenvalue weighted by Gasteiger charge is -2.26. The standard InChI is InChI=1S/C12H11BrO2/c13-8-2-3-9-7(5-8)1-4-11-10(9)6-12(14)15-11/h2-3,5,10-11H,1,4,6H2/t10-,11+/m0/s1. The highest BCUT2D eigenvalue weighted by atomic mass is 79.9. The molecule has 0 spiro atoms. The van der Waals surface area contributed by atoms with Crippen molar-refractivity contribution in [2.24, 2.45) is 0 Å². The van der Waals surface area contributed by atoms with Crippen molar-refractivity contribution in [1.82, 2.24) is 0 Å². The van der Waals surface area contributed by atoms with Gasteiger partial charge in [-0.1, -0.05) is 22.0 Å². The molecule has 1 aromatic rings. The fourth-order valence-electron chi connectivity index (χ4n) is 2.63. The Labute approximate surface area is 96.8 Å². The van der Waals surface area contributed by atoms with E-state index >= 15 is 0 Å². The summed E-state index contributed by atoms with van der Waals surface area (Å²) in [4.78, 5) is 11.3. The van der Waals surface area contributed by atoms with Gasteiger partial charge < -0.3 is 4.74 Å². The highest BCUT2D eigenvalue weighted by Gasteiger charge is 2.39. The van der Waals surface area contributed by atoms with Crippen LogP contribution >= 0.6 is 15.9 Å². The molecule has 1 heterocycles. The number of rotatable bonds is 0. The van der Waals surface area contributed by atoms with Gasteiger partial charge in [-0.15, -0.1) is 0 Å². The third-order valence-corrected chi connectivity index (χ3v) is 3.81. The molecule has 2 nitrogen and oxygen atoms in total. The molecule has 0 bridgehead atoms. The number of hydrogen-bond acceptors (Lipinski definition) is 2. The minimum Gasteiger partial charge on any atom is -0.462 e. The minimum absolute atomic E-state index is 0.0410. The topological polar surface area (TPSA) is 26.3 Å². The van der Waals surface area contributed by atoms with Crippen molar-refractivity contribution in [2.75, 3.05) is 0 Å². The van der Waals surface area contributed by atoms with Crippen LogP contribution in [0, 0.1) is 0 Å². The van der Waals surface area contributed by atoms with E-state index in [1.807, 2.05) is 6.07 Å². The summed E-state index contributed by atoms with van der Waals surface area (Å²) in [6.45, 7) is 0. The van der Waals surface area contributed by atoms with E-state index in [9.17, 15) is 4.79 Å². The number of carbonyl (C=O) groups is 1. The van der Waals surface area contributed by atoms with Crippen molar-refractivity contribution in [1.29, 1.82) is 0 Å². The first-order valence-electron chi connectivity index (χ1n) is 5.22. The fraction of sp³-hybridized carbons (Fsp3) is 0.417. The normalized spacial score (nSPS) is 28.2. The van der Waals surface area contributed by atoms with E-state index in [0.29, 0.717) is 12.3 Å². The molecule has 15 heavy (non-hydrogen) atoms. The quantitative estimate of drug-likeness (QED) is 0.675. The summed E-state index contributed by atoms with van der Waals surface area (Å²) in [7, 11) is 0. The molecule has 0 amide bonds. The summed E-state index contributed by atoms with van der Waals surface area (Å²) < 4.78 is 6.42. The molecule has 1 aromatic carbocycles. The summed E-state index contributed by atoms with van der Waals surface area (Å²) in [5.41, 5.74) is 2.67. The first-order valence-corrected chi connectivity index (χ1v) is 6.01. The second kappa shape index (κ2) is 3.34. The van der Waals surface area contributed by atoms with Gasteiger partial charge in [-0.25, -0.2) is 0 Å². The number of esters is 1. The highest BCUT2D eigenvalue weighted by Crippen LogP contribution is 2.41. The molecule has 0 N–H and O–H groups in total. The van der Waals surface area contributed by atoms with Gasteiger partial charge in [-0.05, 0) is 36.1 Å². The molecule has 2 aliphatic rings. The summed E-state index contributed by atoms with van der Waals surface area (Å²) >= 11 is 3.48. The Hall–Kier alpha value is -0.830. The Bertz CT molecular complexity index is 428. The summed E-state index contributed by atoms with van der Waals surface area (Å²) in [5.74, 6) is 0.259. The van der Waals surface area contributed by atoms with Gasteiger partial charge in [-0.2, -0.15) is 0 Å². The van der Waals surface area contributed by atoms with Crippen LogP contribution < -0.4 is 0 Å². The van der Waals surface area contributed by atoms with Gasteiger partial charge in [0.2, 0.25) is 0 Å². The number of hydrogen-bond donors (Lipinski definition) is 0. The van der Waals surface area contributed by atoms with E-state index in [4.69, 9.17) is 4.74 Å². The van der Waals surface area contributed by atoms with Crippen molar-refractivity contribution < 1.29 is 9.53 Å². The van der Waals surface area contributed by atoms with E-state index in [1.54, 1.807) is 0 Å². The molecule has 0 saturated carbocycles. The smallest absolute Gasteiger partial charge is 0.306 e. The number of aryl methyl sites for hydroxylation is 1. The molecule has 1 aliphatic carbocycles. The van der Waals surface area contributed by atoms with Crippen LogP contribution in [0.3, 0.4) is 0 Å². The molecule has 3 heteroatoms. The number of benzene rings is 1. The Morgan fingerprint density at radius 1 is 1.40 bits per heavy atom. The first kappa shape index (κ1) is 9.40. The first-order chi connectivity index (χ1) is 7.24. The molecule has 1 saturated heterocycles. The largest absolute Gasteiger partial charge is 0.462 e. The third-order valence-electron chi connectivity index (χ3n) is 3.32. The Morgan fingerprint density at radius 2 is 2.27 bits per heavy atom. The Morgan fingerprint density at radius 3 is 3.13 bits per heavy atom. The van der Waals surface area contributed by atoms with Gasteiger partial charge in [-0.3, -0.25) is 4.79 Å². The van der Waals surface area contributed by atoms with Crippen LogP contribution in [-0.4, -0.2) is 12.1 Å². The van der Waals surface area contributed by atoms with E-state index in [1.165, 1.54) is 11.1 Å². The molecule has 78 valence electrons. The monoisotopic (exact) mass is 266 g/mol. The van der Waals surface area contributed by atoms with Crippen molar-refractivity contribution in [3.05, 3.63) is 33.8 Å². The maximum absolute atomic E-state index is 11.3. The molecule has 3 rings (SSSR count). The molecule has 1 fully saturated rings. The zero-order valence-corrected chi connectivity index (χ0v) is 9.79. The molecule has 0 aromatic heterocycles. The lowest BCUT2D eigenvalue weighted by molar-refractivity contribution is -0.141. The molecular formula is C12H11BrO2. The van der Waals surface area contributed by atoms with Crippen LogP contribution in [0.15, 0.2) is 22.7 Å². The zero-order chi connectivity index (χ0) is 10.4. The maximum atomic E-state index is 11.3. The van der Waals surface area contributed by atoms with Gasteiger partial charge in [0, 0.05) is 10.4 Å². The van der Waals surface area contributed by atoms with Crippen LogP contribution in [-0.2, 0) is 16.0 Å². The second-order valence-corrected chi connectivity index (χ2v) is 5.14. The van der Waals surface area contributed by atoms with Gasteiger partial charge in [0.1, 0.15) is 6.10 Å². The number of carbonyl (C=O) groups excluding carboxylic acids is 1. The summed E-state index contributed by atoms with van der Waals surface area (Å²) in [6.07, 6.45) is 2.67. The van der Waals surface area contributed by atoms with Crippen LogP contribution in [0.2, 0.25) is 0 Å². The molecule has 1 aliphatic heterocycles. The lowest BCUT2D eigenvalue weighted by Crippen LogP contribution is -2.21. The number of ether oxygens (including phenoxy) is 1. The molecular weight excluding hydrogens is 256 g/mol. The van der Waals surface area contributed by atoms with Gasteiger partial charge >= 0.3 is 5.97 Å². The minimum atomic E-state index is -0.0410. The summed E-state index contributed by atoms with van der Waals surface area (Å²) in [5, 5.41) is 0. The predicted octanol–water partition coefficient (Wildman–Crippen LogP) is 2.79. The fourth-order valence-corrected chi connectivity index (χ4v) is 3.04. The lowest BCUT2D eigenvalue weighted by atomic mass is 9.80. The third kappa shape index (κ3) is 1.49. The zero-order valence-electron chi connectivity index (χ0n) is 8.20. The van der Waals surface area contributed by atoms with Crippen molar-refractivity contribution in [2.45, 2.75) is 31.3 Å². The van der Waals surface area contributed by atoms with Gasteiger partial charge in [0.05, 0.1) is 6.42 Å². The van der Waals surface area contributed by atoms with E-state index in [0.717, 1.165) is 17.3 Å². The average Bonchev–Trinajstić information content (AvgIpc) is 2.58. The maximum Gasteiger partial charge on any atom is 0.306 e. The SMILES string of the molecule is O=C1C[C@H]2c3ccc(Br)cc3CC[C@H]2O1. The average molecular weight is 267 g/mol. The predicted molar refractivity (Wildman–Crippen MR) is 59.7 cm³/mol. The van der Waals surface area contributed by atoms with Crippen LogP contribution in [0.4, 0.5) is 0 Å². The number of fused-ring (bicyclic) bond motifs is 3.